The van der Waals surface area contributed by atoms with Crippen molar-refractivity contribution in [3.8, 4) is 0 Å². The molecule has 2 heterocycles. The molecule has 0 aliphatic carbocycles. The van der Waals surface area contributed by atoms with Gasteiger partial charge < -0.3 is 0 Å². The summed E-state index contributed by atoms with van der Waals surface area (Å²) < 4.78 is 28.4. The van der Waals surface area contributed by atoms with Crippen molar-refractivity contribution in [1.29, 1.82) is 0 Å². The van der Waals surface area contributed by atoms with E-state index in [1.54, 1.807) is 43.8 Å². The Hall–Kier alpha value is -2.15. The first-order chi connectivity index (χ1) is 9.43. The minimum Gasteiger partial charge on any atom is -0.271 e. The summed E-state index contributed by atoms with van der Waals surface area (Å²) in [6, 6.07) is 7.14. The van der Waals surface area contributed by atoms with Crippen molar-refractivity contribution in [1.82, 2.24) is 18.7 Å². The molecule has 0 bridgehead atoms. The van der Waals surface area contributed by atoms with Crippen LogP contribution in [0.25, 0.3) is 11.0 Å². The van der Waals surface area contributed by atoms with Gasteiger partial charge in [0.2, 0.25) is 0 Å². The number of para-hydroxylation sites is 2. The van der Waals surface area contributed by atoms with Crippen molar-refractivity contribution < 1.29 is 8.42 Å². The molecule has 3 rings (SSSR count). The molecule has 0 aliphatic heterocycles. The van der Waals surface area contributed by atoms with Gasteiger partial charge in [0.15, 0.2) is 0 Å². The average molecular weight is 290 g/mol. The first-order valence-electron chi connectivity index (χ1n) is 6.11. The lowest BCUT2D eigenvalue weighted by molar-refractivity contribution is 0.587. The molecule has 0 aliphatic rings. The van der Waals surface area contributed by atoms with Gasteiger partial charge in [-0.25, -0.2) is 17.4 Å². The molecular formula is C13H14N4O2S. The summed E-state index contributed by atoms with van der Waals surface area (Å²) in [5.41, 5.74) is 2.31. The zero-order valence-corrected chi connectivity index (χ0v) is 12.2. The van der Waals surface area contributed by atoms with Crippen LogP contribution in [0, 0.1) is 13.8 Å². The van der Waals surface area contributed by atoms with Crippen molar-refractivity contribution in [2.24, 2.45) is 7.05 Å². The fourth-order valence-electron chi connectivity index (χ4n) is 2.35. The Balaban J connectivity index is 2.32. The minimum atomic E-state index is -3.69. The Kier molecular flexibility index (Phi) is 2.68. The Morgan fingerprint density at radius 2 is 1.85 bits per heavy atom. The van der Waals surface area contributed by atoms with Gasteiger partial charge in [-0.15, -0.1) is 0 Å². The molecule has 7 heteroatoms. The predicted molar refractivity (Wildman–Crippen MR) is 75.0 cm³/mol. The van der Waals surface area contributed by atoms with Gasteiger partial charge >= 0.3 is 0 Å². The molecular weight excluding hydrogens is 276 g/mol. The molecule has 20 heavy (non-hydrogen) atoms. The van der Waals surface area contributed by atoms with E-state index in [0.717, 1.165) is 0 Å². The van der Waals surface area contributed by atoms with E-state index in [-0.39, 0.29) is 4.90 Å². The van der Waals surface area contributed by atoms with Crippen molar-refractivity contribution in [3.63, 3.8) is 0 Å². The fourth-order valence-corrected chi connectivity index (χ4v) is 4.05. The molecule has 0 saturated carbocycles. The zero-order chi connectivity index (χ0) is 14.5. The van der Waals surface area contributed by atoms with Crippen molar-refractivity contribution in [2.45, 2.75) is 18.7 Å². The largest absolute Gasteiger partial charge is 0.273 e. The van der Waals surface area contributed by atoms with Gasteiger partial charge in [-0.2, -0.15) is 5.10 Å². The second-order valence-electron chi connectivity index (χ2n) is 4.66. The van der Waals surface area contributed by atoms with Crippen LogP contribution in [0.3, 0.4) is 0 Å². The molecule has 0 saturated heterocycles. The van der Waals surface area contributed by atoms with E-state index in [4.69, 9.17) is 0 Å². The second-order valence-corrected chi connectivity index (χ2v) is 6.41. The first-order valence-corrected chi connectivity index (χ1v) is 7.55. The van der Waals surface area contributed by atoms with Crippen molar-refractivity contribution in [2.75, 3.05) is 0 Å². The lowest BCUT2D eigenvalue weighted by atomic mass is 10.3. The van der Waals surface area contributed by atoms with Crippen LogP contribution < -0.4 is 0 Å². The summed E-state index contributed by atoms with van der Waals surface area (Å²) in [5, 5.41) is 4.17. The molecule has 0 fully saturated rings. The average Bonchev–Trinajstić information content (AvgIpc) is 2.92. The predicted octanol–water partition coefficient (Wildman–Crippen LogP) is 1.62. The Labute approximate surface area is 116 Å². The highest BCUT2D eigenvalue weighted by Crippen LogP contribution is 2.24. The number of hydrogen-bond donors (Lipinski definition) is 0. The van der Waals surface area contributed by atoms with Gasteiger partial charge in [0.1, 0.15) is 11.2 Å². The number of benzene rings is 1. The van der Waals surface area contributed by atoms with Crippen LogP contribution in [-0.4, -0.2) is 27.2 Å². The van der Waals surface area contributed by atoms with Crippen LogP contribution in [0.2, 0.25) is 0 Å². The molecule has 2 aromatic heterocycles. The number of hydrogen-bond acceptors (Lipinski definition) is 4. The highest BCUT2D eigenvalue weighted by Gasteiger charge is 2.26. The second kappa shape index (κ2) is 4.17. The van der Waals surface area contributed by atoms with Crippen LogP contribution in [0.1, 0.15) is 11.4 Å². The van der Waals surface area contributed by atoms with Crippen LogP contribution in [-0.2, 0) is 17.1 Å². The van der Waals surface area contributed by atoms with Gasteiger partial charge in [0.05, 0.1) is 22.4 Å². The number of aryl methyl sites for hydroxylation is 2. The fraction of sp³-hybridized carbons (Fsp3) is 0.231. The van der Waals surface area contributed by atoms with E-state index >= 15 is 0 Å². The highest BCUT2D eigenvalue weighted by atomic mass is 32.2. The summed E-state index contributed by atoms with van der Waals surface area (Å²) in [4.78, 5) is 4.37. The normalized spacial score (nSPS) is 12.2. The molecule has 104 valence electrons. The molecule has 0 unspecified atom stereocenters. The molecule has 3 aromatic rings. The van der Waals surface area contributed by atoms with Gasteiger partial charge in [-0.3, -0.25) is 4.68 Å². The maximum atomic E-state index is 12.8. The first kappa shape index (κ1) is 12.9. The van der Waals surface area contributed by atoms with E-state index in [1.165, 1.54) is 10.3 Å². The van der Waals surface area contributed by atoms with Gasteiger partial charge in [-0.1, -0.05) is 12.1 Å². The third-order valence-electron chi connectivity index (χ3n) is 3.38. The van der Waals surface area contributed by atoms with Crippen LogP contribution in [0.4, 0.5) is 0 Å². The van der Waals surface area contributed by atoms with Crippen LogP contribution in [0.15, 0.2) is 35.5 Å². The van der Waals surface area contributed by atoms with Crippen LogP contribution >= 0.6 is 0 Å². The lowest BCUT2D eigenvalue weighted by Gasteiger charge is -2.06. The summed E-state index contributed by atoms with van der Waals surface area (Å²) >= 11 is 0. The standard InChI is InChI=1S/C13H14N4O2S/c1-9-13(10(2)16(3)15-9)20(18,19)17-8-14-11-6-4-5-7-12(11)17/h4-8H,1-3H3. The van der Waals surface area contributed by atoms with E-state index in [9.17, 15) is 8.42 Å². The number of fused-ring (bicyclic) bond motifs is 1. The van der Waals surface area contributed by atoms with Gasteiger partial charge in [0.25, 0.3) is 10.0 Å². The lowest BCUT2D eigenvalue weighted by Crippen LogP contribution is -2.13. The van der Waals surface area contributed by atoms with Crippen LogP contribution in [0.5, 0.6) is 0 Å². The topological polar surface area (TPSA) is 69.8 Å². The Morgan fingerprint density at radius 3 is 2.50 bits per heavy atom. The highest BCUT2D eigenvalue weighted by molar-refractivity contribution is 7.90. The minimum absolute atomic E-state index is 0.239. The summed E-state index contributed by atoms with van der Waals surface area (Å²) in [6.45, 7) is 3.44. The third-order valence-corrected chi connectivity index (χ3v) is 5.30. The summed E-state index contributed by atoms with van der Waals surface area (Å²) in [7, 11) is -1.96. The maximum Gasteiger partial charge on any atom is 0.273 e. The molecule has 0 amide bonds. The molecule has 6 nitrogen and oxygen atoms in total. The maximum absolute atomic E-state index is 12.8. The molecule has 0 N–H and O–H groups in total. The number of nitrogens with zero attached hydrogens (tertiary/aromatic N) is 4. The molecule has 0 spiro atoms. The summed E-state index contributed by atoms with van der Waals surface area (Å²) in [5.74, 6) is 0. The zero-order valence-electron chi connectivity index (χ0n) is 11.4. The third kappa shape index (κ3) is 1.66. The number of imidazole rings is 1. The van der Waals surface area contributed by atoms with Gasteiger partial charge in [-0.05, 0) is 26.0 Å². The smallest absolute Gasteiger partial charge is 0.271 e. The monoisotopic (exact) mass is 290 g/mol. The van der Waals surface area contributed by atoms with E-state index < -0.39 is 10.0 Å². The Bertz CT molecular complexity index is 906. The number of rotatable bonds is 2. The van der Waals surface area contributed by atoms with E-state index in [0.29, 0.717) is 22.4 Å². The number of aromatic nitrogens is 4. The molecule has 1 aromatic carbocycles. The van der Waals surface area contributed by atoms with Crippen molar-refractivity contribution in [3.05, 3.63) is 42.0 Å². The van der Waals surface area contributed by atoms with E-state index in [2.05, 4.69) is 10.1 Å². The SMILES string of the molecule is Cc1nn(C)c(C)c1S(=O)(=O)n1cnc2ccccc21. The Morgan fingerprint density at radius 1 is 1.15 bits per heavy atom. The molecule has 0 atom stereocenters. The van der Waals surface area contributed by atoms with Crippen molar-refractivity contribution >= 4 is 21.1 Å². The molecule has 0 radical (unpaired) electrons. The quantitative estimate of drug-likeness (QED) is 0.719. The van der Waals surface area contributed by atoms with Gasteiger partial charge in [0, 0.05) is 7.05 Å². The van der Waals surface area contributed by atoms with E-state index in [1.807, 2.05) is 6.07 Å². The summed E-state index contributed by atoms with van der Waals surface area (Å²) in [6.07, 6.45) is 1.34.